The monoisotopic (exact) mass is 435 g/mol. The maximum absolute atomic E-state index is 14.8. The minimum Gasteiger partial charge on any atom is -0.369 e. The first-order valence-electron chi connectivity index (χ1n) is 9.46. The maximum Gasteiger partial charge on any atom is 0.267 e. The molecule has 0 saturated heterocycles. The summed E-state index contributed by atoms with van der Waals surface area (Å²) in [5, 5.41) is 9.15. The van der Waals surface area contributed by atoms with Gasteiger partial charge in [-0.3, -0.25) is 14.7 Å². The molecule has 6 nitrogen and oxygen atoms in total. The zero-order valence-corrected chi connectivity index (χ0v) is 16.8. The smallest absolute Gasteiger partial charge is 0.267 e. The first kappa shape index (κ1) is 21.1. The number of halogens is 3. The van der Waals surface area contributed by atoms with Crippen LogP contribution >= 0.6 is 0 Å². The molecular weight excluding hydrogens is 419 g/mol. The van der Waals surface area contributed by atoms with Gasteiger partial charge in [-0.25, -0.2) is 18.2 Å². The molecule has 0 bridgehead atoms. The molecule has 0 fully saturated rings. The minimum absolute atomic E-state index is 0.0210. The van der Waals surface area contributed by atoms with Crippen molar-refractivity contribution in [3.05, 3.63) is 88.7 Å². The van der Waals surface area contributed by atoms with Crippen molar-refractivity contribution in [1.29, 1.82) is 5.26 Å². The molecule has 9 heteroatoms. The number of rotatable bonds is 4. The highest BCUT2D eigenvalue weighted by atomic mass is 19.2. The van der Waals surface area contributed by atoms with Gasteiger partial charge < -0.3 is 5.73 Å². The Balaban J connectivity index is 2.02. The highest BCUT2D eigenvalue weighted by molar-refractivity contribution is 6.08. The Bertz CT molecular complexity index is 1320. The van der Waals surface area contributed by atoms with Gasteiger partial charge in [0.15, 0.2) is 17.6 Å². The number of amides is 1. The second kappa shape index (κ2) is 7.81. The van der Waals surface area contributed by atoms with Gasteiger partial charge in [0.05, 0.1) is 17.3 Å². The van der Waals surface area contributed by atoms with Crippen LogP contribution in [0.2, 0.25) is 0 Å². The summed E-state index contributed by atoms with van der Waals surface area (Å²) in [6, 6.07) is 12.8. The van der Waals surface area contributed by atoms with Gasteiger partial charge in [-0.05, 0) is 53.1 Å². The van der Waals surface area contributed by atoms with E-state index in [1.54, 1.807) is 0 Å². The van der Waals surface area contributed by atoms with Crippen LogP contribution in [-0.2, 0) is 17.0 Å². The van der Waals surface area contributed by atoms with Crippen LogP contribution in [0.3, 0.4) is 0 Å². The first-order valence-corrected chi connectivity index (χ1v) is 9.46. The predicted octanol–water partition coefficient (Wildman–Crippen LogP) is 3.40. The second-order valence-corrected chi connectivity index (χ2v) is 7.24. The van der Waals surface area contributed by atoms with E-state index in [1.165, 1.54) is 55.7 Å². The third kappa shape index (κ3) is 3.17. The number of hydrogen-bond acceptors (Lipinski definition) is 5. The number of nitriles is 1. The highest BCUT2D eigenvalue weighted by Crippen LogP contribution is 2.41. The van der Waals surface area contributed by atoms with Crippen LogP contribution in [0.1, 0.15) is 22.4 Å². The van der Waals surface area contributed by atoms with E-state index in [9.17, 15) is 18.0 Å². The normalized spacial score (nSPS) is 17.9. The van der Waals surface area contributed by atoms with E-state index < -0.39 is 29.8 Å². The molecule has 0 spiro atoms. The number of nitrogens with two attached hydrogens (primary N) is 1. The van der Waals surface area contributed by atoms with E-state index in [-0.39, 0.29) is 39.5 Å². The molecule has 1 unspecified atom stereocenters. The van der Waals surface area contributed by atoms with Gasteiger partial charge in [0.2, 0.25) is 5.54 Å². The molecule has 1 aliphatic rings. The fourth-order valence-electron chi connectivity index (χ4n) is 3.66. The summed E-state index contributed by atoms with van der Waals surface area (Å²) in [5.41, 5.74) is 4.49. The van der Waals surface area contributed by atoms with Crippen LogP contribution in [0.4, 0.5) is 13.2 Å². The SMILES string of the molecule is CN1C(=O)C(c2cc(F)c(F)c(-c3cccc(C#N)c3)c2)(c2cc(CF)ccn2)N=C1N. The van der Waals surface area contributed by atoms with Crippen LogP contribution < -0.4 is 5.73 Å². The Morgan fingerprint density at radius 2 is 1.97 bits per heavy atom. The molecular formula is C23H16F3N5O. The summed E-state index contributed by atoms with van der Waals surface area (Å²) < 4.78 is 42.9. The summed E-state index contributed by atoms with van der Waals surface area (Å²) >= 11 is 0. The van der Waals surface area contributed by atoms with Crippen molar-refractivity contribution in [2.75, 3.05) is 7.05 Å². The average molecular weight is 435 g/mol. The standard InChI is InChI=1S/C23H16F3N5O/c1-31-21(32)23(30-22(31)28,19-8-13(11-24)5-6-29-19)16-9-17(20(26)18(25)10-16)15-4-2-3-14(7-15)12-27/h2-10H,11H2,1H3,(H2,28,30). The van der Waals surface area contributed by atoms with Crippen LogP contribution in [0.15, 0.2) is 59.7 Å². The number of alkyl halides is 1. The first-order chi connectivity index (χ1) is 15.3. The van der Waals surface area contributed by atoms with E-state index in [0.717, 1.165) is 11.0 Å². The summed E-state index contributed by atoms with van der Waals surface area (Å²) in [6.07, 6.45) is 1.31. The lowest BCUT2D eigenvalue weighted by Crippen LogP contribution is -2.41. The van der Waals surface area contributed by atoms with Gasteiger partial charge in [0.25, 0.3) is 5.91 Å². The Hall–Kier alpha value is -4.19. The van der Waals surface area contributed by atoms with Crippen molar-refractivity contribution in [1.82, 2.24) is 9.88 Å². The molecule has 4 rings (SSSR count). The molecule has 1 amide bonds. The van der Waals surface area contributed by atoms with Gasteiger partial charge in [-0.2, -0.15) is 5.26 Å². The maximum atomic E-state index is 14.8. The van der Waals surface area contributed by atoms with E-state index in [1.807, 2.05) is 6.07 Å². The molecule has 2 aromatic carbocycles. The lowest BCUT2D eigenvalue weighted by molar-refractivity contribution is -0.129. The zero-order valence-electron chi connectivity index (χ0n) is 16.8. The summed E-state index contributed by atoms with van der Waals surface area (Å²) in [4.78, 5) is 22.9. The van der Waals surface area contributed by atoms with Crippen LogP contribution in [0, 0.1) is 23.0 Å². The summed E-state index contributed by atoms with van der Waals surface area (Å²) in [5.74, 6) is -3.18. The number of aromatic nitrogens is 1. The largest absolute Gasteiger partial charge is 0.369 e. The molecule has 32 heavy (non-hydrogen) atoms. The topological polar surface area (TPSA) is 95.4 Å². The molecule has 1 aliphatic heterocycles. The molecule has 0 radical (unpaired) electrons. The number of benzene rings is 2. The molecule has 0 aliphatic carbocycles. The Morgan fingerprint density at radius 3 is 2.62 bits per heavy atom. The van der Waals surface area contributed by atoms with E-state index in [2.05, 4.69) is 9.98 Å². The third-order valence-electron chi connectivity index (χ3n) is 5.34. The quantitative estimate of drug-likeness (QED) is 0.680. The number of nitrogens with zero attached hydrogens (tertiary/aromatic N) is 4. The Kier molecular flexibility index (Phi) is 5.14. The number of carbonyl (C=O) groups is 1. The molecule has 2 N–H and O–H groups in total. The lowest BCUT2D eigenvalue weighted by atomic mass is 9.83. The van der Waals surface area contributed by atoms with Crippen LogP contribution in [0.25, 0.3) is 11.1 Å². The second-order valence-electron chi connectivity index (χ2n) is 7.24. The number of pyridine rings is 1. The molecule has 1 atom stereocenters. The number of carbonyl (C=O) groups excluding carboxylic acids is 1. The van der Waals surface area contributed by atoms with Crippen molar-refractivity contribution in [2.45, 2.75) is 12.2 Å². The van der Waals surface area contributed by atoms with E-state index in [0.29, 0.717) is 0 Å². The number of aliphatic imine (C=N–C) groups is 1. The third-order valence-corrected chi connectivity index (χ3v) is 5.34. The van der Waals surface area contributed by atoms with Gasteiger partial charge >= 0.3 is 0 Å². The molecule has 1 aromatic heterocycles. The van der Waals surface area contributed by atoms with Gasteiger partial charge in [-0.1, -0.05) is 12.1 Å². The Labute approximate surface area is 181 Å². The van der Waals surface area contributed by atoms with Crippen LogP contribution in [0.5, 0.6) is 0 Å². The van der Waals surface area contributed by atoms with Crippen molar-refractivity contribution in [3.63, 3.8) is 0 Å². The number of hydrogen-bond donors (Lipinski definition) is 1. The Morgan fingerprint density at radius 1 is 1.19 bits per heavy atom. The summed E-state index contributed by atoms with van der Waals surface area (Å²) in [7, 11) is 1.39. The fraction of sp³-hybridized carbons (Fsp3) is 0.130. The minimum atomic E-state index is -1.93. The highest BCUT2D eigenvalue weighted by Gasteiger charge is 2.51. The number of guanidine groups is 1. The van der Waals surface area contributed by atoms with Crippen LogP contribution in [-0.4, -0.2) is 28.8 Å². The summed E-state index contributed by atoms with van der Waals surface area (Å²) in [6.45, 7) is -0.821. The van der Waals surface area contributed by atoms with Gasteiger partial charge in [-0.15, -0.1) is 0 Å². The van der Waals surface area contributed by atoms with Crippen molar-refractivity contribution < 1.29 is 18.0 Å². The predicted molar refractivity (Wildman–Crippen MR) is 111 cm³/mol. The zero-order chi connectivity index (χ0) is 23.0. The molecule has 2 heterocycles. The van der Waals surface area contributed by atoms with Crippen molar-refractivity contribution >= 4 is 11.9 Å². The fourth-order valence-corrected chi connectivity index (χ4v) is 3.66. The van der Waals surface area contributed by atoms with Gasteiger partial charge in [0.1, 0.15) is 6.67 Å². The average Bonchev–Trinajstić information content (AvgIpc) is 3.05. The van der Waals surface area contributed by atoms with Gasteiger partial charge in [0, 0.05) is 18.8 Å². The van der Waals surface area contributed by atoms with Crippen molar-refractivity contribution in [3.8, 4) is 17.2 Å². The molecule has 160 valence electrons. The van der Waals surface area contributed by atoms with Crippen molar-refractivity contribution in [2.24, 2.45) is 10.7 Å². The van der Waals surface area contributed by atoms with E-state index in [4.69, 9.17) is 11.0 Å². The number of likely N-dealkylation sites (N-methyl/N-ethyl adjacent to an activating group) is 1. The molecule has 3 aromatic rings. The molecule has 0 saturated carbocycles. The lowest BCUT2D eigenvalue weighted by Gasteiger charge is -2.26. The van der Waals surface area contributed by atoms with E-state index >= 15 is 0 Å².